The number of sulfonamides is 1. The first-order valence-electron chi connectivity index (χ1n) is 9.71. The van der Waals surface area contributed by atoms with Crippen LogP contribution in [0.5, 0.6) is 0 Å². The molecule has 0 saturated heterocycles. The lowest BCUT2D eigenvalue weighted by molar-refractivity contribution is 0.0951. The molecule has 0 atom stereocenters. The summed E-state index contributed by atoms with van der Waals surface area (Å²) in [6, 6.07) is 22.3. The lowest BCUT2D eigenvalue weighted by Gasteiger charge is -2.12. The molecule has 3 rings (SSSR count). The van der Waals surface area contributed by atoms with E-state index in [-0.39, 0.29) is 11.7 Å². The molecule has 3 N–H and O–H groups in total. The summed E-state index contributed by atoms with van der Waals surface area (Å²) in [4.78, 5) is 25.3. The van der Waals surface area contributed by atoms with Crippen molar-refractivity contribution in [3.8, 4) is 0 Å². The van der Waals surface area contributed by atoms with Crippen LogP contribution in [0.15, 0.2) is 78.9 Å². The SMILES string of the molecule is CCS(=O)(=O)Nc1ccc(C(=O)Nc2ccccc2C(=O)NCc2ccccc2)cc1. The number of hydrogen-bond acceptors (Lipinski definition) is 4. The summed E-state index contributed by atoms with van der Waals surface area (Å²) in [5.41, 5.74) is 2.40. The van der Waals surface area contributed by atoms with Crippen LogP contribution in [0.3, 0.4) is 0 Å². The van der Waals surface area contributed by atoms with E-state index in [0.29, 0.717) is 29.0 Å². The first kappa shape index (κ1) is 22.0. The number of carbonyl (C=O) groups is 2. The van der Waals surface area contributed by atoms with Gasteiger partial charge in [0.25, 0.3) is 11.8 Å². The predicted octanol–water partition coefficient (Wildman–Crippen LogP) is 3.63. The molecule has 7 nitrogen and oxygen atoms in total. The highest BCUT2D eigenvalue weighted by Crippen LogP contribution is 2.18. The fraction of sp³-hybridized carbons (Fsp3) is 0.130. The van der Waals surface area contributed by atoms with E-state index >= 15 is 0 Å². The molecule has 0 bridgehead atoms. The quantitative estimate of drug-likeness (QED) is 0.500. The number of benzene rings is 3. The van der Waals surface area contributed by atoms with Gasteiger partial charge in [0.2, 0.25) is 10.0 Å². The van der Waals surface area contributed by atoms with Crippen LogP contribution in [-0.4, -0.2) is 26.0 Å². The third-order valence-electron chi connectivity index (χ3n) is 4.52. The average molecular weight is 438 g/mol. The molecular formula is C23H23N3O4S. The van der Waals surface area contributed by atoms with Crippen molar-refractivity contribution in [2.45, 2.75) is 13.5 Å². The lowest BCUT2D eigenvalue weighted by Crippen LogP contribution is -2.24. The Bertz CT molecular complexity index is 1160. The molecule has 0 aliphatic rings. The normalized spacial score (nSPS) is 10.9. The monoisotopic (exact) mass is 437 g/mol. The second-order valence-corrected chi connectivity index (χ2v) is 8.76. The van der Waals surface area contributed by atoms with E-state index in [1.165, 1.54) is 31.2 Å². The molecule has 0 heterocycles. The molecule has 3 aromatic carbocycles. The average Bonchev–Trinajstić information content (AvgIpc) is 2.79. The van der Waals surface area contributed by atoms with Gasteiger partial charge in [-0.15, -0.1) is 0 Å². The third-order valence-corrected chi connectivity index (χ3v) is 5.82. The van der Waals surface area contributed by atoms with Crippen molar-refractivity contribution >= 4 is 33.2 Å². The molecule has 8 heteroatoms. The molecule has 31 heavy (non-hydrogen) atoms. The molecule has 0 aliphatic carbocycles. The zero-order valence-electron chi connectivity index (χ0n) is 17.0. The van der Waals surface area contributed by atoms with Crippen molar-refractivity contribution in [1.82, 2.24) is 5.32 Å². The Hall–Kier alpha value is -3.65. The van der Waals surface area contributed by atoms with Crippen LogP contribution < -0.4 is 15.4 Å². The molecule has 0 saturated carbocycles. The van der Waals surface area contributed by atoms with E-state index in [1.54, 1.807) is 24.3 Å². The maximum atomic E-state index is 12.6. The van der Waals surface area contributed by atoms with Gasteiger partial charge < -0.3 is 10.6 Å². The zero-order chi connectivity index (χ0) is 22.3. The van der Waals surface area contributed by atoms with Gasteiger partial charge in [0.05, 0.1) is 17.0 Å². The Kier molecular flexibility index (Phi) is 7.04. The van der Waals surface area contributed by atoms with Crippen LogP contribution in [0.25, 0.3) is 0 Å². The molecule has 0 unspecified atom stereocenters. The maximum absolute atomic E-state index is 12.6. The van der Waals surface area contributed by atoms with Crippen molar-refractivity contribution < 1.29 is 18.0 Å². The molecule has 160 valence electrons. The number of rotatable bonds is 8. The summed E-state index contributed by atoms with van der Waals surface area (Å²) < 4.78 is 25.7. The summed E-state index contributed by atoms with van der Waals surface area (Å²) >= 11 is 0. The zero-order valence-corrected chi connectivity index (χ0v) is 17.8. The minimum Gasteiger partial charge on any atom is -0.348 e. The highest BCUT2D eigenvalue weighted by molar-refractivity contribution is 7.92. The third kappa shape index (κ3) is 6.16. The molecule has 2 amide bonds. The van der Waals surface area contributed by atoms with Crippen molar-refractivity contribution in [3.63, 3.8) is 0 Å². The van der Waals surface area contributed by atoms with Gasteiger partial charge in [-0.2, -0.15) is 0 Å². The number of nitrogens with one attached hydrogen (secondary N) is 3. The van der Waals surface area contributed by atoms with Gasteiger partial charge in [0, 0.05) is 17.8 Å². The highest BCUT2D eigenvalue weighted by Gasteiger charge is 2.14. The first-order chi connectivity index (χ1) is 14.9. The molecule has 0 fully saturated rings. The Morgan fingerprint density at radius 2 is 1.45 bits per heavy atom. The summed E-state index contributed by atoms with van der Waals surface area (Å²) in [5, 5.41) is 5.59. The predicted molar refractivity (Wildman–Crippen MR) is 122 cm³/mol. The van der Waals surface area contributed by atoms with E-state index in [1.807, 2.05) is 30.3 Å². The van der Waals surface area contributed by atoms with Gasteiger partial charge in [0.15, 0.2) is 0 Å². The Labute approximate surface area is 181 Å². The molecule has 0 aliphatic heterocycles. The maximum Gasteiger partial charge on any atom is 0.255 e. The number of amides is 2. The molecule has 0 aromatic heterocycles. The minimum absolute atomic E-state index is 0.0433. The second kappa shape index (κ2) is 9.90. The Morgan fingerprint density at radius 1 is 0.806 bits per heavy atom. The molecular weight excluding hydrogens is 414 g/mol. The fourth-order valence-electron chi connectivity index (χ4n) is 2.80. The van der Waals surface area contributed by atoms with Crippen molar-refractivity contribution in [3.05, 3.63) is 95.6 Å². The molecule has 0 spiro atoms. The first-order valence-corrected chi connectivity index (χ1v) is 11.4. The van der Waals surface area contributed by atoms with Gasteiger partial charge in [0.1, 0.15) is 0 Å². The summed E-state index contributed by atoms with van der Waals surface area (Å²) in [7, 11) is -3.39. The van der Waals surface area contributed by atoms with E-state index in [9.17, 15) is 18.0 Å². The van der Waals surface area contributed by atoms with Crippen molar-refractivity contribution in [2.24, 2.45) is 0 Å². The Balaban J connectivity index is 1.68. The van der Waals surface area contributed by atoms with E-state index < -0.39 is 15.9 Å². The van der Waals surface area contributed by atoms with Gasteiger partial charge in [-0.1, -0.05) is 42.5 Å². The lowest BCUT2D eigenvalue weighted by atomic mass is 10.1. The second-order valence-electron chi connectivity index (χ2n) is 6.75. The highest BCUT2D eigenvalue weighted by atomic mass is 32.2. The van der Waals surface area contributed by atoms with Crippen LogP contribution in [0.2, 0.25) is 0 Å². The van der Waals surface area contributed by atoms with E-state index in [4.69, 9.17) is 0 Å². The van der Waals surface area contributed by atoms with Crippen molar-refractivity contribution in [1.29, 1.82) is 0 Å². The van der Waals surface area contributed by atoms with Gasteiger partial charge in [-0.05, 0) is 48.9 Å². The summed E-state index contributed by atoms with van der Waals surface area (Å²) in [6.07, 6.45) is 0. The van der Waals surface area contributed by atoms with E-state index in [0.717, 1.165) is 5.56 Å². The standard InChI is InChI=1S/C23H23N3O4S/c1-2-31(29,30)26-19-14-12-18(13-15-19)22(27)25-21-11-7-6-10-20(21)23(28)24-16-17-8-4-3-5-9-17/h3-15,26H,2,16H2,1H3,(H,24,28)(H,25,27). The fourth-order valence-corrected chi connectivity index (χ4v) is 3.44. The van der Waals surface area contributed by atoms with Crippen LogP contribution in [0.4, 0.5) is 11.4 Å². The van der Waals surface area contributed by atoms with Crippen LogP contribution in [0, 0.1) is 0 Å². The van der Waals surface area contributed by atoms with Crippen LogP contribution >= 0.6 is 0 Å². The molecule has 0 radical (unpaired) electrons. The van der Waals surface area contributed by atoms with Crippen LogP contribution in [-0.2, 0) is 16.6 Å². The molecule has 3 aromatic rings. The summed E-state index contributed by atoms with van der Waals surface area (Å²) in [6.45, 7) is 1.91. The van der Waals surface area contributed by atoms with Gasteiger partial charge in [-0.3, -0.25) is 14.3 Å². The number of carbonyl (C=O) groups excluding carboxylic acids is 2. The smallest absolute Gasteiger partial charge is 0.255 e. The minimum atomic E-state index is -3.39. The number of anilines is 2. The van der Waals surface area contributed by atoms with Gasteiger partial charge in [-0.25, -0.2) is 8.42 Å². The largest absolute Gasteiger partial charge is 0.348 e. The van der Waals surface area contributed by atoms with Crippen LogP contribution in [0.1, 0.15) is 33.2 Å². The van der Waals surface area contributed by atoms with Crippen molar-refractivity contribution in [2.75, 3.05) is 15.8 Å². The number of hydrogen-bond donors (Lipinski definition) is 3. The Morgan fingerprint density at radius 3 is 2.13 bits per heavy atom. The number of para-hydroxylation sites is 1. The topological polar surface area (TPSA) is 104 Å². The van der Waals surface area contributed by atoms with E-state index in [2.05, 4.69) is 15.4 Å². The summed E-state index contributed by atoms with van der Waals surface area (Å²) in [5.74, 6) is -0.754. The van der Waals surface area contributed by atoms with Gasteiger partial charge >= 0.3 is 0 Å².